The van der Waals surface area contributed by atoms with E-state index in [9.17, 15) is 4.79 Å². The molecular formula is C26H27NO4S2. The number of rotatable bonds is 5. The van der Waals surface area contributed by atoms with Crippen LogP contribution in [0.2, 0.25) is 0 Å². The zero-order valence-electron chi connectivity index (χ0n) is 18.8. The standard InChI is InChI=1S/C26H27NO4S2/c1-29-20-10-16(11-21(12-20)30-2)22-4-3-19(31-22)13-23-25(28)27(26(32)33-23)24-17-6-14-5-15(8-17)9-18(24)7-14/h3-4,10-15,17-18,24H,5-9H2,1-2H3. The van der Waals surface area contributed by atoms with Crippen LogP contribution in [0.3, 0.4) is 0 Å². The summed E-state index contributed by atoms with van der Waals surface area (Å²) in [4.78, 5) is 16.1. The molecule has 0 spiro atoms. The predicted molar refractivity (Wildman–Crippen MR) is 133 cm³/mol. The number of nitrogens with zero attached hydrogens (tertiary/aromatic N) is 1. The van der Waals surface area contributed by atoms with Crippen LogP contribution in [-0.4, -0.2) is 35.4 Å². The van der Waals surface area contributed by atoms with Gasteiger partial charge in [0.25, 0.3) is 5.91 Å². The van der Waals surface area contributed by atoms with Crippen molar-refractivity contribution in [3.05, 3.63) is 41.0 Å². The van der Waals surface area contributed by atoms with E-state index in [-0.39, 0.29) is 11.9 Å². The number of amides is 1. The first-order chi connectivity index (χ1) is 16.0. The Labute approximate surface area is 203 Å². The maximum Gasteiger partial charge on any atom is 0.266 e. The Morgan fingerprint density at radius 1 is 1.00 bits per heavy atom. The van der Waals surface area contributed by atoms with Crippen LogP contribution in [0.25, 0.3) is 17.4 Å². The molecule has 7 heteroatoms. The van der Waals surface area contributed by atoms with Gasteiger partial charge in [0.05, 0.1) is 19.1 Å². The predicted octanol–water partition coefficient (Wildman–Crippen LogP) is 5.99. The Hall–Kier alpha value is -2.25. The third-order valence-corrected chi connectivity index (χ3v) is 9.17. The molecule has 5 aliphatic rings. The minimum atomic E-state index is 0.0449. The van der Waals surface area contributed by atoms with Crippen molar-refractivity contribution in [2.75, 3.05) is 14.2 Å². The van der Waals surface area contributed by atoms with Gasteiger partial charge in [0.1, 0.15) is 27.3 Å². The summed E-state index contributed by atoms with van der Waals surface area (Å²) in [5, 5.41) is 0. The van der Waals surface area contributed by atoms with Crippen LogP contribution in [0.15, 0.2) is 39.7 Å². The smallest absolute Gasteiger partial charge is 0.266 e. The second kappa shape index (κ2) is 8.20. The van der Waals surface area contributed by atoms with Crippen molar-refractivity contribution in [1.82, 2.24) is 4.90 Å². The van der Waals surface area contributed by atoms with E-state index in [1.54, 1.807) is 14.2 Å². The lowest BCUT2D eigenvalue weighted by Gasteiger charge is -2.56. The topological polar surface area (TPSA) is 51.9 Å². The van der Waals surface area contributed by atoms with E-state index in [1.165, 1.54) is 43.9 Å². The number of hydrogen-bond donors (Lipinski definition) is 0. The first-order valence-electron chi connectivity index (χ1n) is 11.6. The third-order valence-electron chi connectivity index (χ3n) is 7.83. The second-order valence-corrected chi connectivity index (χ2v) is 11.5. The fourth-order valence-corrected chi connectivity index (χ4v) is 8.05. The van der Waals surface area contributed by atoms with E-state index in [0.29, 0.717) is 44.1 Å². The minimum absolute atomic E-state index is 0.0449. The Morgan fingerprint density at radius 3 is 2.24 bits per heavy atom. The molecule has 4 bridgehead atoms. The van der Waals surface area contributed by atoms with Gasteiger partial charge in [-0.3, -0.25) is 9.69 Å². The fourth-order valence-electron chi connectivity index (χ4n) is 6.72. The molecule has 5 fully saturated rings. The van der Waals surface area contributed by atoms with Gasteiger partial charge < -0.3 is 13.9 Å². The Balaban J connectivity index is 1.25. The highest BCUT2D eigenvalue weighted by Gasteiger charge is 2.53. The van der Waals surface area contributed by atoms with Crippen molar-refractivity contribution in [3.8, 4) is 22.8 Å². The Morgan fingerprint density at radius 2 is 1.64 bits per heavy atom. The monoisotopic (exact) mass is 481 g/mol. The summed E-state index contributed by atoms with van der Waals surface area (Å²) < 4.78 is 17.5. The number of carbonyl (C=O) groups is 1. The normalized spacial score (nSPS) is 31.6. The van der Waals surface area contributed by atoms with Gasteiger partial charge in [0, 0.05) is 23.7 Å². The molecule has 0 N–H and O–H groups in total. The van der Waals surface area contributed by atoms with E-state index in [2.05, 4.69) is 0 Å². The van der Waals surface area contributed by atoms with Crippen molar-refractivity contribution < 1.29 is 18.7 Å². The molecule has 7 rings (SSSR count). The number of ether oxygens (including phenoxy) is 2. The van der Waals surface area contributed by atoms with Crippen molar-refractivity contribution in [3.63, 3.8) is 0 Å². The maximum absolute atomic E-state index is 13.5. The van der Waals surface area contributed by atoms with Crippen LogP contribution in [0.1, 0.15) is 37.9 Å². The molecule has 0 atom stereocenters. The quantitative estimate of drug-likeness (QED) is 0.386. The molecule has 1 aliphatic heterocycles. The van der Waals surface area contributed by atoms with Crippen molar-refractivity contribution in [2.45, 2.75) is 38.1 Å². The third kappa shape index (κ3) is 3.69. The average Bonchev–Trinajstić information content (AvgIpc) is 3.38. The van der Waals surface area contributed by atoms with Crippen molar-refractivity contribution in [1.29, 1.82) is 0 Å². The first kappa shape index (κ1) is 21.3. The van der Waals surface area contributed by atoms with Crippen molar-refractivity contribution >= 4 is 40.3 Å². The van der Waals surface area contributed by atoms with Gasteiger partial charge >= 0.3 is 0 Å². The summed E-state index contributed by atoms with van der Waals surface area (Å²) in [6.45, 7) is 0. The lowest BCUT2D eigenvalue weighted by Crippen LogP contribution is -2.57. The van der Waals surface area contributed by atoms with Crippen LogP contribution in [0, 0.1) is 23.7 Å². The number of carbonyl (C=O) groups excluding carboxylic acids is 1. The summed E-state index contributed by atoms with van der Waals surface area (Å²) in [5.74, 6) is 5.72. The van der Waals surface area contributed by atoms with Crippen LogP contribution >= 0.6 is 24.0 Å². The summed E-state index contributed by atoms with van der Waals surface area (Å²) in [6, 6.07) is 9.69. The molecule has 0 unspecified atom stereocenters. The molecule has 1 saturated heterocycles. The SMILES string of the molecule is COc1cc(OC)cc(-c2ccc(C=C3SC(=S)N(C4C5CC6CC(C5)CC4C6)C3=O)o2)c1. The maximum atomic E-state index is 13.5. The first-order valence-corrected chi connectivity index (χ1v) is 12.8. The van der Waals surface area contributed by atoms with Gasteiger partial charge in [-0.2, -0.15) is 0 Å². The number of furan rings is 1. The number of thioether (sulfide) groups is 1. The van der Waals surface area contributed by atoms with Crippen LogP contribution in [0.4, 0.5) is 0 Å². The summed E-state index contributed by atoms with van der Waals surface area (Å²) in [7, 11) is 3.25. The molecule has 1 aromatic heterocycles. The zero-order chi connectivity index (χ0) is 22.7. The number of thiocarbonyl (C=S) groups is 1. The van der Waals surface area contributed by atoms with Gasteiger partial charge in [-0.25, -0.2) is 0 Å². The summed E-state index contributed by atoms with van der Waals surface area (Å²) in [5.41, 5.74) is 0.854. The summed E-state index contributed by atoms with van der Waals surface area (Å²) in [6.07, 6.45) is 8.28. The van der Waals surface area contributed by atoms with E-state index in [1.807, 2.05) is 41.3 Å². The molecule has 1 aromatic carbocycles. The van der Waals surface area contributed by atoms with Crippen LogP contribution < -0.4 is 9.47 Å². The number of benzene rings is 1. The zero-order valence-corrected chi connectivity index (χ0v) is 20.4. The number of hydrogen-bond acceptors (Lipinski definition) is 6. The highest BCUT2D eigenvalue weighted by Crippen LogP contribution is 2.56. The van der Waals surface area contributed by atoms with Gasteiger partial charge in [-0.05, 0) is 80.0 Å². The molecule has 0 radical (unpaired) electrons. The average molecular weight is 482 g/mol. The molecule has 2 aromatic rings. The van der Waals surface area contributed by atoms with Gasteiger partial charge in [-0.15, -0.1) is 0 Å². The number of methoxy groups -OCH3 is 2. The Kier molecular flexibility index (Phi) is 5.29. The molecule has 4 aliphatic carbocycles. The highest BCUT2D eigenvalue weighted by molar-refractivity contribution is 8.26. The molecular weight excluding hydrogens is 454 g/mol. The van der Waals surface area contributed by atoms with E-state index < -0.39 is 0 Å². The molecule has 2 heterocycles. The molecule has 1 amide bonds. The molecule has 172 valence electrons. The van der Waals surface area contributed by atoms with Crippen molar-refractivity contribution in [2.24, 2.45) is 23.7 Å². The van der Waals surface area contributed by atoms with Crippen LogP contribution in [0.5, 0.6) is 11.5 Å². The van der Waals surface area contributed by atoms with E-state index in [4.69, 9.17) is 26.1 Å². The molecule has 4 saturated carbocycles. The van der Waals surface area contributed by atoms with Gasteiger partial charge in [0.2, 0.25) is 0 Å². The lowest BCUT2D eigenvalue weighted by molar-refractivity contribution is -0.130. The lowest BCUT2D eigenvalue weighted by atomic mass is 9.54. The van der Waals surface area contributed by atoms with Gasteiger partial charge in [-0.1, -0.05) is 24.0 Å². The van der Waals surface area contributed by atoms with Gasteiger partial charge in [0.15, 0.2) is 0 Å². The second-order valence-electron chi connectivity index (χ2n) is 9.78. The molecule has 33 heavy (non-hydrogen) atoms. The fraction of sp³-hybridized carbons (Fsp3) is 0.462. The van der Waals surface area contributed by atoms with Crippen LogP contribution in [-0.2, 0) is 4.79 Å². The highest BCUT2D eigenvalue weighted by atomic mass is 32.2. The minimum Gasteiger partial charge on any atom is -0.497 e. The van der Waals surface area contributed by atoms with E-state index >= 15 is 0 Å². The summed E-state index contributed by atoms with van der Waals surface area (Å²) >= 11 is 7.12. The largest absolute Gasteiger partial charge is 0.497 e. The van der Waals surface area contributed by atoms with E-state index in [0.717, 1.165) is 17.4 Å². The molecule has 5 nitrogen and oxygen atoms in total. The Bertz CT molecular complexity index is 1100.